The van der Waals surface area contributed by atoms with Crippen LogP contribution in [-0.2, 0) is 14.3 Å². The normalized spacial score (nSPS) is 21.4. The molecule has 0 aliphatic carbocycles. The van der Waals surface area contributed by atoms with Crippen molar-refractivity contribution in [2.45, 2.75) is 243 Å². The van der Waals surface area contributed by atoms with Gasteiger partial charge in [0.05, 0.1) is 25.4 Å². The molecule has 2 unspecified atom stereocenters. The molecule has 0 aromatic carbocycles. The molecular weight excluding hydrogens is 707 g/mol. The van der Waals surface area contributed by atoms with Crippen LogP contribution in [0, 0.1) is 0 Å². The summed E-state index contributed by atoms with van der Waals surface area (Å²) in [5.74, 6) is -0.189. The van der Waals surface area contributed by atoms with Gasteiger partial charge in [-0.3, -0.25) is 4.79 Å². The maximum Gasteiger partial charge on any atom is 0.220 e. The van der Waals surface area contributed by atoms with Crippen molar-refractivity contribution in [3.05, 3.63) is 36.5 Å². The Morgan fingerprint density at radius 3 is 1.52 bits per heavy atom. The molecule has 0 aromatic heterocycles. The molecule has 7 atom stereocenters. The van der Waals surface area contributed by atoms with E-state index in [9.17, 15) is 30.3 Å². The lowest BCUT2D eigenvalue weighted by Crippen LogP contribution is -2.60. The molecule has 56 heavy (non-hydrogen) atoms. The maximum absolute atomic E-state index is 12.9. The van der Waals surface area contributed by atoms with E-state index in [2.05, 4.69) is 43.5 Å². The number of aliphatic hydroxyl groups is 5. The van der Waals surface area contributed by atoms with Crippen LogP contribution >= 0.6 is 0 Å². The number of allylic oxidation sites excluding steroid dienone is 5. The summed E-state index contributed by atoms with van der Waals surface area (Å²) in [5.41, 5.74) is 0. The van der Waals surface area contributed by atoms with Gasteiger partial charge in [-0.05, 0) is 57.8 Å². The molecule has 1 amide bonds. The zero-order chi connectivity index (χ0) is 40.9. The number of ether oxygens (including phenoxy) is 2. The van der Waals surface area contributed by atoms with Gasteiger partial charge in [-0.2, -0.15) is 0 Å². The first-order valence-electron chi connectivity index (χ1n) is 23.2. The summed E-state index contributed by atoms with van der Waals surface area (Å²) in [4.78, 5) is 12.9. The number of rotatable bonds is 38. The van der Waals surface area contributed by atoms with Gasteiger partial charge in [0.15, 0.2) is 6.29 Å². The fourth-order valence-corrected chi connectivity index (χ4v) is 7.17. The second kappa shape index (κ2) is 37.7. The largest absolute Gasteiger partial charge is 0.394 e. The first-order chi connectivity index (χ1) is 27.3. The van der Waals surface area contributed by atoms with Crippen LogP contribution in [0.1, 0.15) is 200 Å². The van der Waals surface area contributed by atoms with Crippen LogP contribution in [0.15, 0.2) is 36.5 Å². The van der Waals surface area contributed by atoms with Crippen LogP contribution in [0.5, 0.6) is 0 Å². The molecule has 1 aliphatic rings. The molecule has 0 spiro atoms. The molecule has 1 aliphatic heterocycles. The van der Waals surface area contributed by atoms with E-state index < -0.39 is 49.5 Å². The molecule has 0 saturated carbocycles. The van der Waals surface area contributed by atoms with E-state index in [0.717, 1.165) is 38.5 Å². The first-order valence-corrected chi connectivity index (χ1v) is 23.2. The predicted octanol–water partition coefficient (Wildman–Crippen LogP) is 9.67. The van der Waals surface area contributed by atoms with Gasteiger partial charge in [0.2, 0.25) is 5.91 Å². The summed E-state index contributed by atoms with van der Waals surface area (Å²) in [6.07, 6.45) is 39.2. The van der Waals surface area contributed by atoms with Crippen molar-refractivity contribution in [3.8, 4) is 0 Å². The summed E-state index contributed by atoms with van der Waals surface area (Å²) in [5, 5.41) is 54.0. The van der Waals surface area contributed by atoms with E-state index in [1.165, 1.54) is 141 Å². The summed E-state index contributed by atoms with van der Waals surface area (Å²) in [6, 6.07) is -0.818. The van der Waals surface area contributed by atoms with E-state index in [1.807, 2.05) is 6.08 Å². The Morgan fingerprint density at radius 2 is 1.02 bits per heavy atom. The van der Waals surface area contributed by atoms with Gasteiger partial charge < -0.3 is 40.3 Å². The van der Waals surface area contributed by atoms with Gasteiger partial charge in [-0.15, -0.1) is 0 Å². The van der Waals surface area contributed by atoms with Gasteiger partial charge >= 0.3 is 0 Å². The second-order valence-electron chi connectivity index (χ2n) is 16.2. The summed E-state index contributed by atoms with van der Waals surface area (Å²) in [6.45, 7) is 3.71. The molecule has 9 nitrogen and oxygen atoms in total. The zero-order valence-corrected chi connectivity index (χ0v) is 35.9. The minimum atomic E-state index is -1.57. The van der Waals surface area contributed by atoms with Crippen molar-refractivity contribution in [1.29, 1.82) is 0 Å². The van der Waals surface area contributed by atoms with E-state index >= 15 is 0 Å². The summed E-state index contributed by atoms with van der Waals surface area (Å²) in [7, 11) is 0. The lowest BCUT2D eigenvalue weighted by molar-refractivity contribution is -0.302. The van der Waals surface area contributed by atoms with E-state index in [1.54, 1.807) is 6.08 Å². The fraction of sp³-hybridized carbons (Fsp3) is 0.851. The van der Waals surface area contributed by atoms with Gasteiger partial charge in [-0.25, -0.2) is 0 Å². The Kier molecular flexibility index (Phi) is 35.3. The second-order valence-corrected chi connectivity index (χ2v) is 16.2. The van der Waals surface area contributed by atoms with Crippen LogP contribution in [0.3, 0.4) is 0 Å². The fourth-order valence-electron chi connectivity index (χ4n) is 7.17. The SMILES string of the molecule is CCCCCC/C=C/CC/C=C/[C@@H](O)[C@H](CO[C@H]1O[C@@H](CO)[C@H](O)C(O)C1O)NC(=O)CCCCCCCCCCCCCCC/C=C/CCCCCCCC. The highest BCUT2D eigenvalue weighted by molar-refractivity contribution is 5.76. The highest BCUT2D eigenvalue weighted by Crippen LogP contribution is 2.22. The molecule has 9 heteroatoms. The molecule has 1 heterocycles. The maximum atomic E-state index is 12.9. The Morgan fingerprint density at radius 1 is 0.589 bits per heavy atom. The third-order valence-electron chi connectivity index (χ3n) is 10.9. The minimum Gasteiger partial charge on any atom is -0.394 e. The first kappa shape index (κ1) is 52.4. The third-order valence-corrected chi connectivity index (χ3v) is 10.9. The number of hydrogen-bond acceptors (Lipinski definition) is 8. The van der Waals surface area contributed by atoms with Crippen LogP contribution in [0.4, 0.5) is 0 Å². The standard InChI is InChI=1S/C47H87NO8/c1-3-5-7-9-11-13-15-16-17-18-19-20-21-22-23-24-25-26-27-29-31-33-35-37-43(51)48-40(39-55-47-46(54)45(53)44(52)42(38-49)56-47)41(50)36-34-32-30-28-14-12-10-8-6-4-2/h14,16-17,28,34,36,40-42,44-47,49-50,52-54H,3-13,15,18-27,29-33,35,37-39H2,1-2H3,(H,48,51)/b17-16+,28-14+,36-34+/t40-,41+,42-,44-,45?,46?,47-/m0/s1. The topological polar surface area (TPSA) is 149 Å². The van der Waals surface area contributed by atoms with Crippen LogP contribution in [-0.4, -0.2) is 87.5 Å². The van der Waals surface area contributed by atoms with Crippen molar-refractivity contribution >= 4 is 5.91 Å². The van der Waals surface area contributed by atoms with Crippen LogP contribution in [0.25, 0.3) is 0 Å². The predicted molar refractivity (Wildman–Crippen MR) is 230 cm³/mol. The van der Waals surface area contributed by atoms with Gasteiger partial charge in [-0.1, -0.05) is 172 Å². The van der Waals surface area contributed by atoms with Gasteiger partial charge in [0.25, 0.3) is 0 Å². The summed E-state index contributed by atoms with van der Waals surface area (Å²) >= 11 is 0. The highest BCUT2D eigenvalue weighted by atomic mass is 16.7. The lowest BCUT2D eigenvalue weighted by atomic mass is 9.99. The van der Waals surface area contributed by atoms with E-state index in [4.69, 9.17) is 9.47 Å². The Bertz CT molecular complexity index is 972. The number of nitrogens with one attached hydrogen (secondary N) is 1. The molecule has 0 radical (unpaired) electrons. The lowest BCUT2D eigenvalue weighted by Gasteiger charge is -2.40. The van der Waals surface area contributed by atoms with Crippen LogP contribution in [0.2, 0.25) is 0 Å². The average Bonchev–Trinajstić information content (AvgIpc) is 3.20. The Labute approximate surface area is 342 Å². The monoisotopic (exact) mass is 794 g/mol. The van der Waals surface area contributed by atoms with Gasteiger partial charge in [0.1, 0.15) is 24.4 Å². The van der Waals surface area contributed by atoms with E-state index in [-0.39, 0.29) is 12.5 Å². The number of aliphatic hydroxyl groups excluding tert-OH is 5. The molecule has 0 bridgehead atoms. The van der Waals surface area contributed by atoms with Gasteiger partial charge in [0, 0.05) is 6.42 Å². The highest BCUT2D eigenvalue weighted by Gasteiger charge is 2.44. The molecule has 328 valence electrons. The smallest absolute Gasteiger partial charge is 0.220 e. The number of hydrogen-bond donors (Lipinski definition) is 6. The molecule has 0 aromatic rings. The van der Waals surface area contributed by atoms with Crippen LogP contribution < -0.4 is 5.32 Å². The zero-order valence-electron chi connectivity index (χ0n) is 35.9. The van der Waals surface area contributed by atoms with Crippen molar-refractivity contribution in [3.63, 3.8) is 0 Å². The number of amides is 1. The molecular formula is C47H87NO8. The number of carbonyl (C=O) groups is 1. The Balaban J connectivity index is 2.26. The number of carbonyl (C=O) groups excluding carboxylic acids is 1. The molecule has 1 rings (SSSR count). The van der Waals surface area contributed by atoms with Crippen molar-refractivity contribution in [2.24, 2.45) is 0 Å². The average molecular weight is 794 g/mol. The van der Waals surface area contributed by atoms with Crippen molar-refractivity contribution < 1.29 is 39.8 Å². The number of unbranched alkanes of at least 4 members (excludes halogenated alkanes) is 24. The van der Waals surface area contributed by atoms with E-state index in [0.29, 0.717) is 6.42 Å². The van der Waals surface area contributed by atoms with Crippen molar-refractivity contribution in [2.75, 3.05) is 13.2 Å². The minimum absolute atomic E-state index is 0.189. The van der Waals surface area contributed by atoms with Crippen molar-refractivity contribution in [1.82, 2.24) is 5.32 Å². The summed E-state index contributed by atoms with van der Waals surface area (Å²) < 4.78 is 11.2. The molecule has 6 N–H and O–H groups in total. The molecule has 1 saturated heterocycles. The Hall–Kier alpha value is -1.59. The quantitative estimate of drug-likeness (QED) is 0.0268. The molecule has 1 fully saturated rings. The third kappa shape index (κ3) is 27.9.